The standard InChI is InChI=1S/C25H28O13/c1-6-9-32-24(31)18-10-17(11-26)7-8-19(18)37-25-23(36-16(5)30)22(35-15(4)29)21(34-14(3)28)20(38-25)12-33-13(2)27/h6-8,10-11,20-23,25H,1,9,12H2,2-5H3/t20?,21?,22?,23-,25-/m1/s1. The number of benzene rings is 1. The minimum Gasteiger partial charge on any atom is -0.463 e. The van der Waals surface area contributed by atoms with Crippen molar-refractivity contribution in [2.75, 3.05) is 13.2 Å². The van der Waals surface area contributed by atoms with E-state index < -0.39 is 67.2 Å². The van der Waals surface area contributed by atoms with Crippen LogP contribution in [-0.4, -0.2) is 80.1 Å². The molecule has 5 atom stereocenters. The van der Waals surface area contributed by atoms with Gasteiger partial charge in [0.1, 0.15) is 36.9 Å². The van der Waals surface area contributed by atoms with Crippen molar-refractivity contribution in [1.82, 2.24) is 0 Å². The van der Waals surface area contributed by atoms with Crippen molar-refractivity contribution in [3.8, 4) is 5.75 Å². The summed E-state index contributed by atoms with van der Waals surface area (Å²) in [6.45, 7) is 7.25. The summed E-state index contributed by atoms with van der Waals surface area (Å²) in [6.07, 6.45) is -5.36. The summed E-state index contributed by atoms with van der Waals surface area (Å²) in [7, 11) is 0. The van der Waals surface area contributed by atoms with E-state index in [1.807, 2.05) is 0 Å². The zero-order valence-electron chi connectivity index (χ0n) is 21.2. The van der Waals surface area contributed by atoms with Gasteiger partial charge in [-0.1, -0.05) is 12.7 Å². The summed E-state index contributed by atoms with van der Waals surface area (Å²) < 4.78 is 37.8. The summed E-state index contributed by atoms with van der Waals surface area (Å²) in [4.78, 5) is 71.2. The van der Waals surface area contributed by atoms with E-state index >= 15 is 0 Å². The molecule has 0 aliphatic carbocycles. The molecule has 1 saturated heterocycles. The fraction of sp³-hybridized carbons (Fsp3) is 0.440. The van der Waals surface area contributed by atoms with E-state index in [1.54, 1.807) is 0 Å². The summed E-state index contributed by atoms with van der Waals surface area (Å²) in [5, 5.41) is 0. The fourth-order valence-electron chi connectivity index (χ4n) is 3.50. The van der Waals surface area contributed by atoms with Crippen LogP contribution in [0.3, 0.4) is 0 Å². The van der Waals surface area contributed by atoms with Crippen molar-refractivity contribution in [1.29, 1.82) is 0 Å². The van der Waals surface area contributed by atoms with Crippen LogP contribution in [0.25, 0.3) is 0 Å². The highest BCUT2D eigenvalue weighted by Gasteiger charge is 2.53. The van der Waals surface area contributed by atoms with Crippen LogP contribution >= 0.6 is 0 Å². The van der Waals surface area contributed by atoms with Crippen molar-refractivity contribution in [3.05, 3.63) is 42.0 Å². The first kappa shape index (κ1) is 30.0. The third-order valence-corrected chi connectivity index (χ3v) is 4.88. The number of rotatable bonds is 11. The third-order valence-electron chi connectivity index (χ3n) is 4.88. The van der Waals surface area contributed by atoms with E-state index in [2.05, 4.69) is 6.58 Å². The molecule has 1 aromatic rings. The van der Waals surface area contributed by atoms with E-state index in [1.165, 1.54) is 24.3 Å². The third kappa shape index (κ3) is 8.40. The maximum Gasteiger partial charge on any atom is 0.342 e. The average Bonchev–Trinajstić information content (AvgIpc) is 2.84. The maximum atomic E-state index is 12.6. The van der Waals surface area contributed by atoms with Crippen molar-refractivity contribution < 1.29 is 61.9 Å². The first-order valence-electron chi connectivity index (χ1n) is 11.3. The number of carbonyl (C=O) groups excluding carboxylic acids is 6. The quantitative estimate of drug-likeness (QED) is 0.172. The number of ether oxygens (including phenoxy) is 7. The Morgan fingerprint density at radius 1 is 0.868 bits per heavy atom. The zero-order chi connectivity index (χ0) is 28.4. The van der Waals surface area contributed by atoms with Crippen LogP contribution in [0.1, 0.15) is 48.4 Å². The smallest absolute Gasteiger partial charge is 0.342 e. The lowest BCUT2D eigenvalue weighted by Crippen LogP contribution is -2.63. The number of carbonyl (C=O) groups is 6. The monoisotopic (exact) mass is 536 g/mol. The molecule has 13 nitrogen and oxygen atoms in total. The van der Waals surface area contributed by atoms with Gasteiger partial charge < -0.3 is 33.2 Å². The van der Waals surface area contributed by atoms with Crippen molar-refractivity contribution in [3.63, 3.8) is 0 Å². The first-order chi connectivity index (χ1) is 18.0. The van der Waals surface area contributed by atoms with Crippen LogP contribution in [0.15, 0.2) is 30.9 Å². The highest BCUT2D eigenvalue weighted by atomic mass is 16.7. The second-order valence-electron chi connectivity index (χ2n) is 7.95. The first-order valence-corrected chi connectivity index (χ1v) is 11.3. The second-order valence-corrected chi connectivity index (χ2v) is 7.95. The molecule has 0 spiro atoms. The molecule has 0 saturated carbocycles. The molecule has 1 aliphatic heterocycles. The average molecular weight is 536 g/mol. The fourth-order valence-corrected chi connectivity index (χ4v) is 3.50. The largest absolute Gasteiger partial charge is 0.463 e. The molecule has 1 aliphatic rings. The minimum absolute atomic E-state index is 0.129. The number of aldehydes is 1. The highest BCUT2D eigenvalue weighted by molar-refractivity contribution is 5.94. The molecule has 3 unspecified atom stereocenters. The number of hydrogen-bond acceptors (Lipinski definition) is 13. The van der Waals surface area contributed by atoms with Crippen LogP contribution < -0.4 is 4.74 Å². The van der Waals surface area contributed by atoms with Gasteiger partial charge in [-0.3, -0.25) is 24.0 Å². The van der Waals surface area contributed by atoms with Crippen molar-refractivity contribution in [2.24, 2.45) is 0 Å². The molecule has 38 heavy (non-hydrogen) atoms. The molecule has 1 heterocycles. The predicted octanol–water partition coefficient (Wildman–Crippen LogP) is 1.30. The van der Waals surface area contributed by atoms with E-state index in [4.69, 9.17) is 33.2 Å². The molecular weight excluding hydrogens is 508 g/mol. The summed E-state index contributed by atoms with van der Waals surface area (Å²) >= 11 is 0. The molecule has 2 rings (SSSR count). The van der Waals surface area contributed by atoms with Gasteiger partial charge in [0.2, 0.25) is 12.4 Å². The van der Waals surface area contributed by atoms with Gasteiger partial charge in [-0.25, -0.2) is 4.79 Å². The lowest BCUT2D eigenvalue weighted by atomic mass is 9.98. The summed E-state index contributed by atoms with van der Waals surface area (Å²) in [6, 6.07) is 3.83. The number of hydrogen-bond donors (Lipinski definition) is 0. The Hall–Kier alpha value is -4.26. The van der Waals surface area contributed by atoms with Gasteiger partial charge in [-0.2, -0.15) is 0 Å². The van der Waals surface area contributed by atoms with E-state index in [-0.39, 0.29) is 23.5 Å². The van der Waals surface area contributed by atoms with E-state index in [0.29, 0.717) is 6.29 Å². The van der Waals surface area contributed by atoms with Crippen LogP contribution in [0.5, 0.6) is 5.75 Å². The SMILES string of the molecule is C=CCOC(=O)c1cc(C=O)ccc1O[C@@H]1OC(COC(C)=O)C(OC(C)=O)C(OC(C)=O)[C@H]1OC(C)=O. The summed E-state index contributed by atoms with van der Waals surface area (Å²) in [5.74, 6) is -4.14. The van der Waals surface area contributed by atoms with Crippen LogP contribution in [0.4, 0.5) is 0 Å². The van der Waals surface area contributed by atoms with Crippen molar-refractivity contribution in [2.45, 2.75) is 58.4 Å². The summed E-state index contributed by atoms with van der Waals surface area (Å²) in [5.41, 5.74) is -0.0474. The van der Waals surface area contributed by atoms with Gasteiger partial charge in [0.15, 0.2) is 12.2 Å². The van der Waals surface area contributed by atoms with Crippen LogP contribution in [0, 0.1) is 0 Å². The number of esters is 5. The molecule has 0 amide bonds. The van der Waals surface area contributed by atoms with Gasteiger partial charge >= 0.3 is 29.8 Å². The Kier molecular flexibility index (Phi) is 10.9. The predicted molar refractivity (Wildman–Crippen MR) is 125 cm³/mol. The minimum atomic E-state index is -1.58. The Morgan fingerprint density at radius 3 is 2.03 bits per heavy atom. The molecule has 13 heteroatoms. The maximum absolute atomic E-state index is 12.6. The molecule has 0 N–H and O–H groups in total. The van der Waals surface area contributed by atoms with Crippen molar-refractivity contribution >= 4 is 36.1 Å². The zero-order valence-corrected chi connectivity index (χ0v) is 21.2. The van der Waals surface area contributed by atoms with E-state index in [9.17, 15) is 28.8 Å². The lowest BCUT2D eigenvalue weighted by Gasteiger charge is -2.44. The molecule has 1 aromatic carbocycles. The topological polar surface area (TPSA) is 167 Å². The molecular formula is C25H28O13. The van der Waals surface area contributed by atoms with Gasteiger partial charge in [0.25, 0.3) is 0 Å². The Balaban J connectivity index is 2.57. The van der Waals surface area contributed by atoms with Gasteiger partial charge in [-0.15, -0.1) is 0 Å². The molecule has 0 aromatic heterocycles. The second kappa shape index (κ2) is 13.9. The van der Waals surface area contributed by atoms with Gasteiger partial charge in [0.05, 0.1) is 0 Å². The lowest BCUT2D eigenvalue weighted by molar-refractivity contribution is -0.288. The Labute approximate surface area is 217 Å². The highest BCUT2D eigenvalue weighted by Crippen LogP contribution is 2.32. The molecule has 0 bridgehead atoms. The van der Waals surface area contributed by atoms with Gasteiger partial charge in [-0.05, 0) is 18.2 Å². The normalized spacial score (nSPS) is 22.3. The van der Waals surface area contributed by atoms with Crippen LogP contribution in [-0.2, 0) is 47.6 Å². The molecule has 0 radical (unpaired) electrons. The molecule has 1 fully saturated rings. The van der Waals surface area contributed by atoms with Crippen LogP contribution in [0.2, 0.25) is 0 Å². The Bertz CT molecular complexity index is 1080. The Morgan fingerprint density at radius 2 is 1.47 bits per heavy atom. The molecule has 206 valence electrons. The van der Waals surface area contributed by atoms with Gasteiger partial charge in [0, 0.05) is 33.3 Å². The van der Waals surface area contributed by atoms with E-state index in [0.717, 1.165) is 27.7 Å².